The van der Waals surface area contributed by atoms with Gasteiger partial charge in [0.1, 0.15) is 5.75 Å². The maximum absolute atomic E-state index is 12.8. The zero-order valence-corrected chi connectivity index (χ0v) is 13.3. The molecule has 2 atom stereocenters. The van der Waals surface area contributed by atoms with Gasteiger partial charge in [-0.3, -0.25) is 0 Å². The fourth-order valence-corrected chi connectivity index (χ4v) is 2.69. The Bertz CT molecular complexity index is 578. The lowest BCUT2D eigenvalue weighted by Gasteiger charge is -2.28. The van der Waals surface area contributed by atoms with E-state index < -0.39 is 29.9 Å². The second-order valence-electron chi connectivity index (χ2n) is 5.70. The molecule has 1 aromatic carbocycles. The maximum Gasteiger partial charge on any atom is 0.416 e. The average Bonchev–Trinajstić information content (AvgIpc) is 2.50. The first-order valence-electron chi connectivity index (χ1n) is 7.91. The molecule has 0 aromatic heterocycles. The smallest absolute Gasteiger partial charge is 0.416 e. The predicted molar refractivity (Wildman–Crippen MR) is 83.0 cm³/mol. The summed E-state index contributed by atoms with van der Waals surface area (Å²) in [6.07, 6.45) is -2.15. The summed E-state index contributed by atoms with van der Waals surface area (Å²) in [6.45, 7) is 1.95. The number of nitrogens with one attached hydrogen (secondary N) is 2. The van der Waals surface area contributed by atoms with E-state index in [0.29, 0.717) is 12.8 Å². The zero-order valence-electron chi connectivity index (χ0n) is 13.3. The van der Waals surface area contributed by atoms with Gasteiger partial charge in [-0.1, -0.05) is 12.8 Å². The van der Waals surface area contributed by atoms with Gasteiger partial charge >= 0.3 is 12.2 Å². The van der Waals surface area contributed by atoms with Crippen molar-refractivity contribution in [1.29, 1.82) is 0 Å². The molecule has 3 N–H and O–H groups in total. The molecule has 8 heteroatoms. The highest BCUT2D eigenvalue weighted by Gasteiger charge is 2.31. The number of anilines is 1. The van der Waals surface area contributed by atoms with Crippen molar-refractivity contribution in [3.05, 3.63) is 23.8 Å². The molecule has 5 nitrogen and oxygen atoms in total. The minimum absolute atomic E-state index is 0.0607. The molecule has 134 valence electrons. The van der Waals surface area contributed by atoms with Gasteiger partial charge in [0.15, 0.2) is 0 Å². The lowest BCUT2D eigenvalue weighted by Crippen LogP contribution is -2.46. The summed E-state index contributed by atoms with van der Waals surface area (Å²) in [5, 5.41) is 14.9. The molecule has 1 saturated carbocycles. The monoisotopic (exact) mass is 346 g/mol. The Labute approximate surface area is 138 Å². The summed E-state index contributed by atoms with van der Waals surface area (Å²) in [5.41, 5.74) is -0.937. The van der Waals surface area contributed by atoms with Crippen LogP contribution in [0.1, 0.15) is 38.2 Å². The van der Waals surface area contributed by atoms with Crippen LogP contribution in [0, 0.1) is 0 Å². The highest BCUT2D eigenvalue weighted by molar-refractivity contribution is 5.91. The van der Waals surface area contributed by atoms with Crippen molar-refractivity contribution in [2.45, 2.75) is 50.9 Å². The van der Waals surface area contributed by atoms with Gasteiger partial charge in [0, 0.05) is 0 Å². The van der Waals surface area contributed by atoms with Crippen molar-refractivity contribution in [1.82, 2.24) is 5.32 Å². The van der Waals surface area contributed by atoms with E-state index in [0.717, 1.165) is 25.0 Å². The van der Waals surface area contributed by atoms with E-state index in [9.17, 15) is 23.1 Å². The van der Waals surface area contributed by atoms with Crippen LogP contribution in [0.2, 0.25) is 0 Å². The molecule has 1 fully saturated rings. The van der Waals surface area contributed by atoms with Gasteiger partial charge in [0.2, 0.25) is 0 Å². The minimum atomic E-state index is -4.52. The van der Waals surface area contributed by atoms with E-state index in [2.05, 4.69) is 10.6 Å². The third kappa shape index (κ3) is 4.77. The third-order valence-electron chi connectivity index (χ3n) is 3.90. The van der Waals surface area contributed by atoms with E-state index in [1.165, 1.54) is 6.07 Å². The SMILES string of the molecule is CCOc1ccc(C(F)(F)F)cc1NC(=O)NC1CCCCC1O. The highest BCUT2D eigenvalue weighted by atomic mass is 19.4. The second kappa shape index (κ2) is 7.74. The second-order valence-corrected chi connectivity index (χ2v) is 5.70. The first-order chi connectivity index (χ1) is 11.3. The molecular formula is C16H21F3N2O3. The Balaban J connectivity index is 2.12. The van der Waals surface area contributed by atoms with Crippen molar-refractivity contribution in [2.75, 3.05) is 11.9 Å². The van der Waals surface area contributed by atoms with Gasteiger partial charge in [-0.05, 0) is 38.0 Å². The molecule has 1 aliphatic carbocycles. The summed E-state index contributed by atoms with van der Waals surface area (Å²) in [5.74, 6) is 0.157. The van der Waals surface area contributed by atoms with Crippen molar-refractivity contribution in [3.8, 4) is 5.75 Å². The fourth-order valence-electron chi connectivity index (χ4n) is 2.69. The van der Waals surface area contributed by atoms with Gasteiger partial charge in [-0.2, -0.15) is 13.2 Å². The van der Waals surface area contributed by atoms with Crippen LogP contribution in [0.25, 0.3) is 0 Å². The quantitative estimate of drug-likeness (QED) is 0.781. The van der Waals surface area contributed by atoms with E-state index in [4.69, 9.17) is 4.74 Å². The number of hydrogen-bond acceptors (Lipinski definition) is 3. The van der Waals surface area contributed by atoms with Gasteiger partial charge in [0.05, 0.1) is 30.0 Å². The summed E-state index contributed by atoms with van der Waals surface area (Å²) in [6, 6.07) is 1.85. The lowest BCUT2D eigenvalue weighted by molar-refractivity contribution is -0.137. The molecule has 0 bridgehead atoms. The van der Waals surface area contributed by atoms with Crippen LogP contribution in [-0.2, 0) is 6.18 Å². The predicted octanol–water partition coefficient (Wildman–Crippen LogP) is 3.53. The normalized spacial score (nSPS) is 21.2. The minimum Gasteiger partial charge on any atom is -0.492 e. The average molecular weight is 346 g/mol. The topological polar surface area (TPSA) is 70.6 Å². The van der Waals surface area contributed by atoms with Gasteiger partial charge in [-0.25, -0.2) is 4.79 Å². The van der Waals surface area contributed by atoms with Crippen molar-refractivity contribution >= 4 is 11.7 Å². The first-order valence-corrected chi connectivity index (χ1v) is 7.91. The maximum atomic E-state index is 12.8. The Kier molecular flexibility index (Phi) is 5.93. The fraction of sp³-hybridized carbons (Fsp3) is 0.562. The molecule has 1 aliphatic rings. The number of amides is 2. The molecular weight excluding hydrogens is 325 g/mol. The number of halogens is 3. The standard InChI is InChI=1S/C16H21F3N2O3/c1-2-24-14-8-7-10(16(17,18)19)9-12(14)21-15(23)20-11-5-3-4-6-13(11)22/h7-9,11,13,22H,2-6H2,1H3,(H2,20,21,23). The molecule has 0 saturated heterocycles. The number of rotatable bonds is 4. The van der Waals surface area contributed by atoms with Crippen LogP contribution in [-0.4, -0.2) is 29.9 Å². The number of aliphatic hydroxyl groups is 1. The van der Waals surface area contributed by atoms with Crippen LogP contribution in [0.5, 0.6) is 5.75 Å². The Morgan fingerprint density at radius 1 is 1.33 bits per heavy atom. The van der Waals surface area contributed by atoms with E-state index in [1.807, 2.05) is 0 Å². The molecule has 1 aromatic rings. The number of alkyl halides is 3. The highest BCUT2D eigenvalue weighted by Crippen LogP contribution is 2.35. The Hall–Kier alpha value is -1.96. The number of carbonyl (C=O) groups excluding carboxylic acids is 1. The first kappa shape index (κ1) is 18.4. The van der Waals surface area contributed by atoms with Crippen LogP contribution >= 0.6 is 0 Å². The van der Waals surface area contributed by atoms with Crippen molar-refractivity contribution < 1.29 is 27.8 Å². The number of carbonyl (C=O) groups is 1. The molecule has 0 radical (unpaired) electrons. The van der Waals surface area contributed by atoms with Crippen LogP contribution in [0.4, 0.5) is 23.7 Å². The number of urea groups is 1. The number of benzene rings is 1. The lowest BCUT2D eigenvalue weighted by atomic mass is 9.93. The van der Waals surface area contributed by atoms with Crippen LogP contribution in [0.3, 0.4) is 0 Å². The van der Waals surface area contributed by atoms with E-state index >= 15 is 0 Å². The largest absolute Gasteiger partial charge is 0.492 e. The molecule has 2 rings (SSSR count). The Morgan fingerprint density at radius 3 is 2.67 bits per heavy atom. The van der Waals surface area contributed by atoms with Gasteiger partial charge in [0.25, 0.3) is 0 Å². The third-order valence-corrected chi connectivity index (χ3v) is 3.90. The molecule has 2 amide bonds. The van der Waals surface area contributed by atoms with E-state index in [-0.39, 0.29) is 18.0 Å². The summed E-state index contributed by atoms with van der Waals surface area (Å²) in [7, 11) is 0. The number of ether oxygens (including phenoxy) is 1. The van der Waals surface area contributed by atoms with Gasteiger partial charge < -0.3 is 20.5 Å². The Morgan fingerprint density at radius 2 is 2.04 bits per heavy atom. The van der Waals surface area contributed by atoms with Crippen LogP contribution < -0.4 is 15.4 Å². The molecule has 0 aliphatic heterocycles. The number of aliphatic hydroxyl groups excluding tert-OH is 1. The van der Waals surface area contributed by atoms with E-state index in [1.54, 1.807) is 6.92 Å². The van der Waals surface area contributed by atoms with Crippen molar-refractivity contribution in [2.24, 2.45) is 0 Å². The van der Waals surface area contributed by atoms with Gasteiger partial charge in [-0.15, -0.1) is 0 Å². The summed E-state index contributed by atoms with van der Waals surface area (Å²) >= 11 is 0. The van der Waals surface area contributed by atoms with Crippen molar-refractivity contribution in [3.63, 3.8) is 0 Å². The molecule has 2 unspecified atom stereocenters. The molecule has 24 heavy (non-hydrogen) atoms. The molecule has 0 heterocycles. The number of hydrogen-bond donors (Lipinski definition) is 3. The molecule has 0 spiro atoms. The summed E-state index contributed by atoms with van der Waals surface area (Å²) < 4.78 is 43.8. The summed E-state index contributed by atoms with van der Waals surface area (Å²) in [4.78, 5) is 12.1. The van der Waals surface area contributed by atoms with Crippen LogP contribution in [0.15, 0.2) is 18.2 Å². The zero-order chi connectivity index (χ0) is 17.7.